The van der Waals surface area contributed by atoms with Gasteiger partial charge in [0, 0.05) is 22.0 Å². The normalized spacial score (nSPS) is 17.6. The largest absolute Gasteiger partial charge is 0.493 e. The highest BCUT2D eigenvalue weighted by molar-refractivity contribution is 9.10. The molecule has 4 rings (SSSR count). The lowest BCUT2D eigenvalue weighted by Gasteiger charge is -2.28. The van der Waals surface area contributed by atoms with Gasteiger partial charge in [0.2, 0.25) is 0 Å². The van der Waals surface area contributed by atoms with Crippen LogP contribution in [0.3, 0.4) is 0 Å². The maximum Gasteiger partial charge on any atom is 0.251 e. The average molecular weight is 430 g/mol. The van der Waals surface area contributed by atoms with E-state index in [9.17, 15) is 4.79 Å². The minimum absolute atomic E-state index is 0.0872. The number of para-hydroxylation sites is 1. The Morgan fingerprint density at radius 1 is 1.30 bits per heavy atom. The maximum atomic E-state index is 12.8. The van der Waals surface area contributed by atoms with Crippen molar-refractivity contribution < 1.29 is 19.0 Å². The van der Waals surface area contributed by atoms with E-state index in [-0.39, 0.29) is 18.6 Å². The van der Waals surface area contributed by atoms with Crippen molar-refractivity contribution in [2.24, 2.45) is 0 Å². The van der Waals surface area contributed by atoms with E-state index in [4.69, 9.17) is 14.2 Å². The molecular formula is C21H20BrNO4. The fourth-order valence-electron chi connectivity index (χ4n) is 3.35. The number of halogens is 1. The van der Waals surface area contributed by atoms with Gasteiger partial charge in [-0.25, -0.2) is 0 Å². The first-order chi connectivity index (χ1) is 13.2. The fourth-order valence-corrected chi connectivity index (χ4v) is 3.73. The van der Waals surface area contributed by atoms with E-state index in [1.807, 2.05) is 49.4 Å². The molecule has 2 aromatic rings. The third-order valence-corrected chi connectivity index (χ3v) is 5.11. The van der Waals surface area contributed by atoms with Crippen molar-refractivity contribution in [2.75, 3.05) is 19.8 Å². The van der Waals surface area contributed by atoms with Crippen molar-refractivity contribution >= 4 is 27.9 Å². The molecule has 2 aromatic carbocycles. The van der Waals surface area contributed by atoms with Gasteiger partial charge >= 0.3 is 0 Å². The van der Waals surface area contributed by atoms with Crippen LogP contribution >= 0.6 is 15.9 Å². The van der Waals surface area contributed by atoms with Crippen molar-refractivity contribution in [3.63, 3.8) is 0 Å². The Balaban J connectivity index is 1.55. The summed E-state index contributed by atoms with van der Waals surface area (Å²) in [4.78, 5) is 12.8. The Morgan fingerprint density at radius 2 is 2.19 bits per heavy atom. The molecule has 0 fully saturated rings. The van der Waals surface area contributed by atoms with Crippen molar-refractivity contribution in [3.05, 3.63) is 57.6 Å². The Hall–Kier alpha value is -2.47. The van der Waals surface area contributed by atoms with Crippen LogP contribution in [0.4, 0.5) is 0 Å². The van der Waals surface area contributed by atoms with Crippen molar-refractivity contribution in [1.29, 1.82) is 0 Å². The van der Waals surface area contributed by atoms with Gasteiger partial charge in [-0.2, -0.15) is 0 Å². The molecule has 2 aliphatic heterocycles. The molecule has 0 saturated carbocycles. The number of carbonyl (C=O) groups is 1. The number of carbonyl (C=O) groups excluding carboxylic acids is 1. The number of rotatable bonds is 4. The Morgan fingerprint density at radius 3 is 3.04 bits per heavy atom. The van der Waals surface area contributed by atoms with Gasteiger partial charge in [0.1, 0.15) is 12.4 Å². The van der Waals surface area contributed by atoms with Crippen molar-refractivity contribution in [1.82, 2.24) is 5.32 Å². The molecule has 2 aliphatic rings. The Kier molecular flexibility index (Phi) is 5.07. The summed E-state index contributed by atoms with van der Waals surface area (Å²) in [5, 5.41) is 3.12. The SMILES string of the molecule is CCOc1cccc2c1OCC(C(=O)NC1CCOc3ccc(Br)cc31)=C2. The van der Waals surface area contributed by atoms with Crippen molar-refractivity contribution in [2.45, 2.75) is 19.4 Å². The average Bonchev–Trinajstić information content (AvgIpc) is 2.68. The molecule has 0 bridgehead atoms. The highest BCUT2D eigenvalue weighted by atomic mass is 79.9. The highest BCUT2D eigenvalue weighted by Crippen LogP contribution is 2.37. The number of hydrogen-bond donors (Lipinski definition) is 1. The molecule has 1 unspecified atom stereocenters. The molecule has 1 N–H and O–H groups in total. The molecule has 0 aliphatic carbocycles. The van der Waals surface area contributed by atoms with Crippen LogP contribution in [0, 0.1) is 0 Å². The first-order valence-electron chi connectivity index (χ1n) is 8.98. The molecule has 0 radical (unpaired) electrons. The van der Waals surface area contributed by atoms with Gasteiger partial charge in [-0.1, -0.05) is 28.1 Å². The second-order valence-corrected chi connectivity index (χ2v) is 7.33. The quantitative estimate of drug-likeness (QED) is 0.788. The number of ether oxygens (including phenoxy) is 3. The summed E-state index contributed by atoms with van der Waals surface area (Å²) < 4.78 is 18.1. The van der Waals surface area contributed by atoms with E-state index in [0.717, 1.165) is 27.8 Å². The van der Waals surface area contributed by atoms with Gasteiger partial charge in [-0.05, 0) is 37.3 Å². The van der Waals surface area contributed by atoms with Crippen LogP contribution in [0.25, 0.3) is 6.08 Å². The van der Waals surface area contributed by atoms with Crippen LogP contribution in [0.5, 0.6) is 17.2 Å². The van der Waals surface area contributed by atoms with Crippen LogP contribution in [0.1, 0.15) is 30.5 Å². The number of benzene rings is 2. The summed E-state index contributed by atoms with van der Waals surface area (Å²) in [5.74, 6) is 2.08. The molecule has 1 amide bonds. The fraction of sp³-hybridized carbons (Fsp3) is 0.286. The van der Waals surface area contributed by atoms with E-state index < -0.39 is 0 Å². The van der Waals surface area contributed by atoms with Crippen LogP contribution in [-0.4, -0.2) is 25.7 Å². The third kappa shape index (κ3) is 3.67. The van der Waals surface area contributed by atoms with E-state index in [1.165, 1.54) is 0 Å². The van der Waals surface area contributed by atoms with Gasteiger partial charge in [0.25, 0.3) is 5.91 Å². The van der Waals surface area contributed by atoms with Gasteiger partial charge < -0.3 is 19.5 Å². The van der Waals surface area contributed by atoms with E-state index >= 15 is 0 Å². The van der Waals surface area contributed by atoms with Gasteiger partial charge in [-0.15, -0.1) is 0 Å². The van der Waals surface area contributed by atoms with Crippen LogP contribution in [0.15, 0.2) is 46.4 Å². The first-order valence-corrected chi connectivity index (χ1v) is 9.77. The lowest BCUT2D eigenvalue weighted by molar-refractivity contribution is -0.118. The molecule has 27 heavy (non-hydrogen) atoms. The first kappa shape index (κ1) is 17.9. The Bertz CT molecular complexity index is 909. The molecular weight excluding hydrogens is 410 g/mol. The molecule has 5 nitrogen and oxygen atoms in total. The molecule has 2 heterocycles. The molecule has 140 valence electrons. The summed E-state index contributed by atoms with van der Waals surface area (Å²) >= 11 is 3.49. The van der Waals surface area contributed by atoms with Gasteiger partial charge in [0.15, 0.2) is 11.5 Å². The lowest BCUT2D eigenvalue weighted by Crippen LogP contribution is -2.34. The standard InChI is InChI=1S/C21H20BrNO4/c1-2-25-19-5-3-4-13-10-14(12-27-20(13)19)21(24)23-17-8-9-26-18-7-6-15(22)11-16(17)18/h3-7,10-11,17H,2,8-9,12H2,1H3,(H,23,24). The number of fused-ring (bicyclic) bond motifs is 2. The summed E-state index contributed by atoms with van der Waals surface area (Å²) in [6.07, 6.45) is 2.60. The van der Waals surface area contributed by atoms with Gasteiger partial charge in [0.05, 0.1) is 24.8 Å². The van der Waals surface area contributed by atoms with Crippen LogP contribution in [-0.2, 0) is 4.79 Å². The summed E-state index contributed by atoms with van der Waals surface area (Å²) in [6, 6.07) is 11.5. The van der Waals surface area contributed by atoms with Crippen molar-refractivity contribution in [3.8, 4) is 17.2 Å². The zero-order valence-corrected chi connectivity index (χ0v) is 16.5. The Labute approximate surface area is 166 Å². The summed E-state index contributed by atoms with van der Waals surface area (Å²) in [5.41, 5.74) is 2.44. The lowest BCUT2D eigenvalue weighted by atomic mass is 9.99. The second-order valence-electron chi connectivity index (χ2n) is 6.41. The predicted octanol–water partition coefficient (Wildman–Crippen LogP) is 4.26. The van der Waals surface area contributed by atoms with Crippen LogP contribution in [0.2, 0.25) is 0 Å². The van der Waals surface area contributed by atoms with Crippen LogP contribution < -0.4 is 19.5 Å². The number of hydrogen-bond acceptors (Lipinski definition) is 4. The summed E-state index contributed by atoms with van der Waals surface area (Å²) in [6.45, 7) is 3.30. The second kappa shape index (κ2) is 7.64. The van der Waals surface area contributed by atoms with E-state index in [1.54, 1.807) is 0 Å². The molecule has 0 aromatic heterocycles. The molecule has 1 atom stereocenters. The third-order valence-electron chi connectivity index (χ3n) is 4.62. The number of amides is 1. The molecule has 6 heteroatoms. The summed E-state index contributed by atoms with van der Waals surface area (Å²) in [7, 11) is 0. The molecule has 0 saturated heterocycles. The zero-order valence-electron chi connectivity index (χ0n) is 15.0. The molecule has 0 spiro atoms. The zero-order chi connectivity index (χ0) is 18.8. The minimum atomic E-state index is -0.125. The number of nitrogens with one attached hydrogen (secondary N) is 1. The predicted molar refractivity (Wildman–Crippen MR) is 106 cm³/mol. The van der Waals surface area contributed by atoms with E-state index in [2.05, 4.69) is 21.2 Å². The van der Waals surface area contributed by atoms with E-state index in [0.29, 0.717) is 30.3 Å². The highest BCUT2D eigenvalue weighted by Gasteiger charge is 2.26. The monoisotopic (exact) mass is 429 g/mol. The maximum absolute atomic E-state index is 12.8. The smallest absolute Gasteiger partial charge is 0.251 e. The topological polar surface area (TPSA) is 56.8 Å². The minimum Gasteiger partial charge on any atom is -0.493 e. The van der Waals surface area contributed by atoms with Gasteiger partial charge in [-0.3, -0.25) is 4.79 Å².